The maximum Gasteiger partial charge on any atom is 0.472 e. The lowest BCUT2D eigenvalue weighted by Gasteiger charge is -2.19. The maximum atomic E-state index is 12.7. The molecule has 0 aliphatic heterocycles. The zero-order chi connectivity index (χ0) is 53.1. The van der Waals surface area contributed by atoms with Crippen molar-refractivity contribution < 1.29 is 37.6 Å². The van der Waals surface area contributed by atoms with Gasteiger partial charge in [-0.1, -0.05) is 279 Å². The van der Waals surface area contributed by atoms with Gasteiger partial charge in [0.1, 0.15) is 6.61 Å². The standard InChI is InChI=1S/C63H114NO8P/c1-3-5-7-9-11-13-15-16-17-18-19-20-21-22-23-24-25-26-27-28-29-30-31-32-33-34-35-36-37-38-39-40-41-42-43-44-46-48-50-52-54-56-63(66)72-61(60-71-73(67,68)70-58-57-64)59-69-62(65)55-53-51-49-47-45-14-12-10-8-6-4-2/h5,7,11,13,16-17,19-20,22-23,25-26,61H,3-4,6,8-10,12,14-15,18,21,24,27-60,64H2,1-2H3,(H,67,68)/b7-5-,13-11-,17-16-,20-19-,23-22-,26-25-. The van der Waals surface area contributed by atoms with E-state index >= 15 is 0 Å². The predicted octanol–water partition coefficient (Wildman–Crippen LogP) is 19.3. The van der Waals surface area contributed by atoms with E-state index in [1.165, 1.54) is 180 Å². The smallest absolute Gasteiger partial charge is 0.462 e. The zero-order valence-corrected chi connectivity index (χ0v) is 48.3. The van der Waals surface area contributed by atoms with E-state index in [0.717, 1.165) is 70.6 Å². The van der Waals surface area contributed by atoms with E-state index in [9.17, 15) is 19.0 Å². The van der Waals surface area contributed by atoms with Gasteiger partial charge in [0.25, 0.3) is 0 Å². The molecule has 3 N–H and O–H groups in total. The predicted molar refractivity (Wildman–Crippen MR) is 312 cm³/mol. The first kappa shape index (κ1) is 70.5. The molecule has 0 fully saturated rings. The number of hydrogen-bond acceptors (Lipinski definition) is 8. The van der Waals surface area contributed by atoms with Crippen LogP contribution in [-0.4, -0.2) is 49.3 Å². The van der Waals surface area contributed by atoms with Gasteiger partial charge in [0, 0.05) is 19.4 Å². The molecule has 0 aliphatic rings. The molecule has 0 bridgehead atoms. The molecule has 0 aromatic heterocycles. The molecule has 0 aromatic carbocycles. The molecule has 0 aromatic rings. The molecule has 10 heteroatoms. The molecular weight excluding hydrogens is 930 g/mol. The highest BCUT2D eigenvalue weighted by Gasteiger charge is 2.26. The van der Waals surface area contributed by atoms with Crippen molar-refractivity contribution in [1.29, 1.82) is 0 Å². The van der Waals surface area contributed by atoms with Crippen molar-refractivity contribution in [2.45, 2.75) is 290 Å². The Morgan fingerprint density at radius 2 is 0.753 bits per heavy atom. The number of phosphoric ester groups is 1. The highest BCUT2D eigenvalue weighted by molar-refractivity contribution is 7.47. The minimum absolute atomic E-state index is 0.0548. The third-order valence-electron chi connectivity index (χ3n) is 13.1. The Morgan fingerprint density at radius 3 is 1.12 bits per heavy atom. The van der Waals surface area contributed by atoms with Crippen molar-refractivity contribution in [2.75, 3.05) is 26.4 Å². The van der Waals surface area contributed by atoms with Crippen molar-refractivity contribution in [3.05, 3.63) is 72.9 Å². The molecular formula is C63H114NO8P. The average Bonchev–Trinajstić information content (AvgIpc) is 3.38. The lowest BCUT2D eigenvalue weighted by molar-refractivity contribution is -0.161. The highest BCUT2D eigenvalue weighted by atomic mass is 31.2. The summed E-state index contributed by atoms with van der Waals surface area (Å²) >= 11 is 0. The van der Waals surface area contributed by atoms with E-state index in [1.54, 1.807) is 0 Å². The second-order valence-electron chi connectivity index (χ2n) is 20.2. The summed E-state index contributed by atoms with van der Waals surface area (Å²) in [4.78, 5) is 35.0. The van der Waals surface area contributed by atoms with Gasteiger partial charge in [-0.15, -0.1) is 0 Å². The molecule has 0 spiro atoms. The van der Waals surface area contributed by atoms with Crippen LogP contribution in [0.3, 0.4) is 0 Å². The first-order chi connectivity index (χ1) is 35.8. The first-order valence-electron chi connectivity index (χ1n) is 30.4. The minimum atomic E-state index is -4.38. The van der Waals surface area contributed by atoms with Gasteiger partial charge in [-0.3, -0.25) is 18.6 Å². The van der Waals surface area contributed by atoms with Crippen LogP contribution < -0.4 is 5.73 Å². The fraction of sp³-hybridized carbons (Fsp3) is 0.778. The largest absolute Gasteiger partial charge is 0.472 e. The SMILES string of the molecule is CC/C=C\C/C=C\C/C=C\C/C=C\C/C=C\C/C=C\CCCCCCCCCCCCCCCCCCCCCCCCC(=O)OC(COC(=O)CCCCCCCCCCCCC)COP(=O)(O)OCCN. The van der Waals surface area contributed by atoms with Crippen LogP contribution in [0.25, 0.3) is 0 Å². The summed E-state index contributed by atoms with van der Waals surface area (Å²) in [6.07, 6.45) is 75.7. The molecule has 73 heavy (non-hydrogen) atoms. The second kappa shape index (κ2) is 58.7. The number of carbonyl (C=O) groups excluding carboxylic acids is 2. The Kier molecular flexibility index (Phi) is 56.7. The maximum absolute atomic E-state index is 12.7. The topological polar surface area (TPSA) is 134 Å². The van der Waals surface area contributed by atoms with E-state index in [2.05, 4.69) is 86.8 Å². The van der Waals surface area contributed by atoms with E-state index in [0.29, 0.717) is 6.42 Å². The van der Waals surface area contributed by atoms with Gasteiger partial charge < -0.3 is 20.1 Å². The number of rotatable bonds is 57. The summed E-state index contributed by atoms with van der Waals surface area (Å²) in [5.74, 6) is -0.817. The Labute approximate surface area is 450 Å². The van der Waals surface area contributed by atoms with Gasteiger partial charge in [-0.25, -0.2) is 4.57 Å². The van der Waals surface area contributed by atoms with Gasteiger partial charge in [0.05, 0.1) is 13.2 Å². The summed E-state index contributed by atoms with van der Waals surface area (Å²) in [5.41, 5.74) is 5.37. The van der Waals surface area contributed by atoms with E-state index in [4.69, 9.17) is 24.3 Å². The Bertz CT molecular complexity index is 1420. The Balaban J connectivity index is 3.74. The van der Waals surface area contributed by atoms with Gasteiger partial charge in [0.15, 0.2) is 6.10 Å². The number of unbranched alkanes of at least 4 members (excludes halogenated alkanes) is 32. The van der Waals surface area contributed by atoms with E-state index in [1.807, 2.05) is 0 Å². The molecule has 0 saturated heterocycles. The minimum Gasteiger partial charge on any atom is -0.462 e. The van der Waals surface area contributed by atoms with Crippen LogP contribution in [0.4, 0.5) is 0 Å². The molecule has 0 radical (unpaired) electrons. The fourth-order valence-electron chi connectivity index (χ4n) is 8.64. The molecule has 0 aliphatic carbocycles. The van der Waals surface area contributed by atoms with Crippen molar-refractivity contribution in [3.63, 3.8) is 0 Å². The van der Waals surface area contributed by atoms with Crippen molar-refractivity contribution in [1.82, 2.24) is 0 Å². The Morgan fingerprint density at radius 1 is 0.425 bits per heavy atom. The molecule has 424 valence electrons. The van der Waals surface area contributed by atoms with Gasteiger partial charge in [-0.05, 0) is 64.2 Å². The van der Waals surface area contributed by atoms with Gasteiger partial charge in [0.2, 0.25) is 0 Å². The number of allylic oxidation sites excluding steroid dienone is 12. The number of nitrogens with two attached hydrogens (primary N) is 1. The number of carbonyl (C=O) groups is 2. The number of esters is 2. The van der Waals surface area contributed by atoms with E-state index < -0.39 is 26.5 Å². The van der Waals surface area contributed by atoms with Gasteiger partial charge >= 0.3 is 19.8 Å². The van der Waals surface area contributed by atoms with Crippen molar-refractivity contribution in [3.8, 4) is 0 Å². The molecule has 2 atom stereocenters. The second-order valence-corrected chi connectivity index (χ2v) is 21.7. The van der Waals surface area contributed by atoms with Crippen LogP contribution >= 0.6 is 7.82 Å². The third kappa shape index (κ3) is 58.6. The molecule has 0 rings (SSSR count). The van der Waals surface area contributed by atoms with Gasteiger partial charge in [-0.2, -0.15) is 0 Å². The first-order valence-corrected chi connectivity index (χ1v) is 31.9. The molecule has 0 saturated carbocycles. The number of phosphoric acid groups is 1. The monoisotopic (exact) mass is 1040 g/mol. The van der Waals surface area contributed by atoms with Crippen molar-refractivity contribution >= 4 is 19.8 Å². The Hall–Kier alpha value is -2.55. The number of hydrogen-bond donors (Lipinski definition) is 2. The summed E-state index contributed by atoms with van der Waals surface area (Å²) in [6.45, 7) is 3.64. The molecule has 0 heterocycles. The summed E-state index contributed by atoms with van der Waals surface area (Å²) in [7, 11) is -4.38. The highest BCUT2D eigenvalue weighted by Crippen LogP contribution is 2.43. The molecule has 0 amide bonds. The van der Waals surface area contributed by atoms with Crippen LogP contribution in [0.2, 0.25) is 0 Å². The fourth-order valence-corrected chi connectivity index (χ4v) is 9.41. The third-order valence-corrected chi connectivity index (χ3v) is 14.1. The molecule has 9 nitrogen and oxygen atoms in total. The van der Waals surface area contributed by atoms with Crippen molar-refractivity contribution in [2.24, 2.45) is 5.73 Å². The lowest BCUT2D eigenvalue weighted by Crippen LogP contribution is -2.29. The normalized spacial score (nSPS) is 13.5. The summed E-state index contributed by atoms with van der Waals surface area (Å²) in [5, 5.41) is 0. The van der Waals surface area contributed by atoms with Crippen LogP contribution in [-0.2, 0) is 32.7 Å². The zero-order valence-electron chi connectivity index (χ0n) is 47.4. The lowest BCUT2D eigenvalue weighted by atomic mass is 10.0. The summed E-state index contributed by atoms with van der Waals surface area (Å²) in [6, 6.07) is 0. The number of ether oxygens (including phenoxy) is 2. The van der Waals surface area contributed by atoms with Crippen LogP contribution in [0.1, 0.15) is 284 Å². The average molecular weight is 1040 g/mol. The van der Waals surface area contributed by atoms with Crippen LogP contribution in [0.15, 0.2) is 72.9 Å². The van der Waals surface area contributed by atoms with E-state index in [-0.39, 0.29) is 38.6 Å². The summed E-state index contributed by atoms with van der Waals surface area (Å²) < 4.78 is 32.9. The quantitative estimate of drug-likeness (QED) is 0.0264. The molecule has 2 unspecified atom stereocenters. The van der Waals surface area contributed by atoms with Crippen LogP contribution in [0, 0.1) is 0 Å². The van der Waals surface area contributed by atoms with Crippen LogP contribution in [0.5, 0.6) is 0 Å².